The minimum atomic E-state index is -0.163. The lowest BCUT2D eigenvalue weighted by atomic mass is 10.1. The van der Waals surface area contributed by atoms with Gasteiger partial charge < -0.3 is 10.1 Å². The molecule has 3 nitrogen and oxygen atoms in total. The lowest BCUT2D eigenvalue weighted by molar-refractivity contribution is -0.111. The molecule has 0 atom stereocenters. The fraction of sp³-hybridized carbons (Fsp3) is 0.167. The van der Waals surface area contributed by atoms with Crippen molar-refractivity contribution in [1.82, 2.24) is 0 Å². The van der Waals surface area contributed by atoms with E-state index in [2.05, 4.69) is 5.32 Å². The molecule has 1 amide bonds. The summed E-state index contributed by atoms with van der Waals surface area (Å²) in [6.45, 7) is 4.07. The highest BCUT2D eigenvalue weighted by molar-refractivity contribution is 6.02. The number of hydrogen-bond donors (Lipinski definition) is 1. The largest absolute Gasteiger partial charge is 0.496 e. The van der Waals surface area contributed by atoms with Gasteiger partial charge in [-0.3, -0.25) is 4.79 Å². The Hall–Kier alpha value is -2.55. The maximum absolute atomic E-state index is 11.9. The number of para-hydroxylation sites is 1. The van der Waals surface area contributed by atoms with Gasteiger partial charge in [-0.05, 0) is 49.2 Å². The van der Waals surface area contributed by atoms with E-state index in [4.69, 9.17) is 4.74 Å². The molecule has 0 aliphatic carbocycles. The van der Waals surface area contributed by atoms with Crippen LogP contribution in [0.2, 0.25) is 0 Å². The predicted octanol–water partition coefficient (Wildman–Crippen LogP) is 3.96. The molecule has 108 valence electrons. The Bertz CT molecular complexity index is 675. The number of methoxy groups -OCH3 is 1. The van der Waals surface area contributed by atoms with E-state index in [1.54, 1.807) is 13.2 Å². The first kappa shape index (κ1) is 14.9. The molecule has 0 unspecified atom stereocenters. The van der Waals surface area contributed by atoms with E-state index in [1.165, 1.54) is 11.6 Å². The molecule has 2 aromatic rings. The lowest BCUT2D eigenvalue weighted by Gasteiger charge is -2.06. The van der Waals surface area contributed by atoms with Crippen molar-refractivity contribution in [3.8, 4) is 5.75 Å². The maximum Gasteiger partial charge on any atom is 0.248 e. The summed E-state index contributed by atoms with van der Waals surface area (Å²) in [5.74, 6) is 0.580. The van der Waals surface area contributed by atoms with Gasteiger partial charge in [-0.15, -0.1) is 0 Å². The lowest BCUT2D eigenvalue weighted by Crippen LogP contribution is -2.08. The second-order valence-corrected chi connectivity index (χ2v) is 4.86. The Morgan fingerprint density at radius 1 is 1.10 bits per heavy atom. The van der Waals surface area contributed by atoms with E-state index in [-0.39, 0.29) is 5.91 Å². The number of nitrogens with one attached hydrogen (secondary N) is 1. The van der Waals surface area contributed by atoms with Gasteiger partial charge in [0, 0.05) is 17.3 Å². The van der Waals surface area contributed by atoms with E-state index in [0.29, 0.717) is 0 Å². The summed E-state index contributed by atoms with van der Waals surface area (Å²) in [5.41, 5.74) is 4.03. The quantitative estimate of drug-likeness (QED) is 0.861. The molecule has 0 saturated heterocycles. The molecule has 0 spiro atoms. The predicted molar refractivity (Wildman–Crippen MR) is 86.6 cm³/mol. The molecule has 3 heteroatoms. The molecule has 0 bridgehead atoms. The zero-order valence-corrected chi connectivity index (χ0v) is 12.5. The summed E-state index contributed by atoms with van der Waals surface area (Å²) in [7, 11) is 1.61. The fourth-order valence-electron chi connectivity index (χ4n) is 1.97. The summed E-state index contributed by atoms with van der Waals surface area (Å²) in [6.07, 6.45) is 3.25. The van der Waals surface area contributed by atoms with Crippen molar-refractivity contribution in [3.63, 3.8) is 0 Å². The molecule has 1 N–H and O–H groups in total. The molecule has 0 fully saturated rings. The Kier molecular flexibility index (Phi) is 4.77. The van der Waals surface area contributed by atoms with Crippen molar-refractivity contribution < 1.29 is 9.53 Å². The van der Waals surface area contributed by atoms with Crippen LogP contribution in [-0.2, 0) is 4.79 Å². The minimum Gasteiger partial charge on any atom is -0.496 e. The van der Waals surface area contributed by atoms with Gasteiger partial charge in [0.2, 0.25) is 5.91 Å². The Morgan fingerprint density at radius 2 is 1.86 bits per heavy atom. The zero-order valence-electron chi connectivity index (χ0n) is 12.5. The first-order valence-corrected chi connectivity index (χ1v) is 6.79. The molecule has 2 rings (SSSR count). The minimum absolute atomic E-state index is 0.163. The van der Waals surface area contributed by atoms with Crippen LogP contribution in [0.4, 0.5) is 5.69 Å². The standard InChI is InChI=1S/C18H19NO2/c1-13-8-10-16(12-14(13)2)19-18(20)11-9-15-6-4-5-7-17(15)21-3/h4-12H,1-3H3,(H,19,20). The number of anilines is 1. The highest BCUT2D eigenvalue weighted by Gasteiger charge is 2.01. The van der Waals surface area contributed by atoms with Crippen LogP contribution in [0.15, 0.2) is 48.5 Å². The van der Waals surface area contributed by atoms with Gasteiger partial charge >= 0.3 is 0 Å². The Balaban J connectivity index is 2.07. The third-order valence-corrected chi connectivity index (χ3v) is 3.33. The molecular weight excluding hydrogens is 262 g/mol. The van der Waals surface area contributed by atoms with Crippen LogP contribution in [0.3, 0.4) is 0 Å². The molecule has 0 saturated carbocycles. The molecular formula is C18H19NO2. The molecule has 0 aliphatic heterocycles. The van der Waals surface area contributed by atoms with Gasteiger partial charge in [-0.25, -0.2) is 0 Å². The van der Waals surface area contributed by atoms with Gasteiger partial charge in [-0.2, -0.15) is 0 Å². The average Bonchev–Trinajstić information content (AvgIpc) is 2.49. The average molecular weight is 281 g/mol. The van der Waals surface area contributed by atoms with Crippen molar-refractivity contribution in [3.05, 3.63) is 65.2 Å². The smallest absolute Gasteiger partial charge is 0.248 e. The molecule has 0 aliphatic rings. The summed E-state index contributed by atoms with van der Waals surface area (Å²) >= 11 is 0. The highest BCUT2D eigenvalue weighted by atomic mass is 16.5. The number of benzene rings is 2. The summed E-state index contributed by atoms with van der Waals surface area (Å²) in [6, 6.07) is 13.4. The van der Waals surface area contributed by atoms with Gasteiger partial charge in [0.1, 0.15) is 5.75 Å². The van der Waals surface area contributed by atoms with E-state index in [0.717, 1.165) is 22.6 Å². The van der Waals surface area contributed by atoms with Gasteiger partial charge in [0.25, 0.3) is 0 Å². The van der Waals surface area contributed by atoms with Crippen molar-refractivity contribution in [2.75, 3.05) is 12.4 Å². The number of carbonyl (C=O) groups is 1. The van der Waals surface area contributed by atoms with Crippen molar-refractivity contribution in [2.45, 2.75) is 13.8 Å². The van der Waals surface area contributed by atoms with Crippen LogP contribution in [-0.4, -0.2) is 13.0 Å². The van der Waals surface area contributed by atoms with E-state index < -0.39 is 0 Å². The third-order valence-electron chi connectivity index (χ3n) is 3.33. The maximum atomic E-state index is 11.9. The monoisotopic (exact) mass is 281 g/mol. The van der Waals surface area contributed by atoms with Crippen LogP contribution in [0.25, 0.3) is 6.08 Å². The van der Waals surface area contributed by atoms with Gasteiger partial charge in [-0.1, -0.05) is 24.3 Å². The summed E-state index contributed by atoms with van der Waals surface area (Å²) in [4.78, 5) is 11.9. The molecule has 0 heterocycles. The number of ether oxygens (including phenoxy) is 1. The van der Waals surface area contributed by atoms with E-state index in [1.807, 2.05) is 56.3 Å². The van der Waals surface area contributed by atoms with Gasteiger partial charge in [0.15, 0.2) is 0 Å². The number of amides is 1. The fourth-order valence-corrected chi connectivity index (χ4v) is 1.97. The van der Waals surface area contributed by atoms with Crippen LogP contribution in [0.1, 0.15) is 16.7 Å². The normalized spacial score (nSPS) is 10.6. The number of rotatable bonds is 4. The van der Waals surface area contributed by atoms with E-state index in [9.17, 15) is 4.79 Å². The summed E-state index contributed by atoms with van der Waals surface area (Å²) < 4.78 is 5.24. The van der Waals surface area contributed by atoms with Crippen molar-refractivity contribution in [1.29, 1.82) is 0 Å². The van der Waals surface area contributed by atoms with Crippen LogP contribution in [0, 0.1) is 13.8 Å². The second-order valence-electron chi connectivity index (χ2n) is 4.86. The molecule has 2 aromatic carbocycles. The Morgan fingerprint density at radius 3 is 2.57 bits per heavy atom. The number of hydrogen-bond acceptors (Lipinski definition) is 2. The first-order chi connectivity index (χ1) is 10.1. The van der Waals surface area contributed by atoms with Crippen LogP contribution in [0.5, 0.6) is 5.75 Å². The summed E-state index contributed by atoms with van der Waals surface area (Å²) in [5, 5.41) is 2.85. The first-order valence-electron chi connectivity index (χ1n) is 6.79. The zero-order chi connectivity index (χ0) is 15.2. The molecule has 0 aromatic heterocycles. The topological polar surface area (TPSA) is 38.3 Å². The van der Waals surface area contributed by atoms with Crippen LogP contribution < -0.4 is 10.1 Å². The molecule has 0 radical (unpaired) electrons. The number of aryl methyl sites for hydroxylation is 2. The SMILES string of the molecule is COc1ccccc1C=CC(=O)Nc1ccc(C)c(C)c1. The van der Waals surface area contributed by atoms with Crippen molar-refractivity contribution in [2.24, 2.45) is 0 Å². The Labute approximate surface area is 125 Å². The third kappa shape index (κ3) is 3.96. The molecule has 21 heavy (non-hydrogen) atoms. The van der Waals surface area contributed by atoms with Crippen LogP contribution >= 0.6 is 0 Å². The van der Waals surface area contributed by atoms with E-state index >= 15 is 0 Å². The highest BCUT2D eigenvalue weighted by Crippen LogP contribution is 2.19. The van der Waals surface area contributed by atoms with Gasteiger partial charge in [0.05, 0.1) is 7.11 Å². The number of carbonyl (C=O) groups excluding carboxylic acids is 1. The second kappa shape index (κ2) is 6.75. The van der Waals surface area contributed by atoms with Crippen molar-refractivity contribution >= 4 is 17.7 Å².